The van der Waals surface area contributed by atoms with Crippen molar-refractivity contribution in [2.24, 2.45) is 16.5 Å². The molecule has 0 saturated carbocycles. The number of rotatable bonds is 8. The number of guanidine groups is 1. The van der Waals surface area contributed by atoms with E-state index in [1.54, 1.807) is 13.8 Å². The number of aliphatic imine (C=N–C) groups is 1. The van der Waals surface area contributed by atoms with Crippen LogP contribution in [0.5, 0.6) is 5.75 Å². The fourth-order valence-corrected chi connectivity index (χ4v) is 5.53. The lowest BCUT2D eigenvalue weighted by atomic mass is 9.88. The second-order valence-corrected chi connectivity index (χ2v) is 9.99. The molecular formula is C20H32N4O5S. The van der Waals surface area contributed by atoms with Gasteiger partial charge in [-0.25, -0.2) is 8.42 Å². The highest BCUT2D eigenvalue weighted by Gasteiger charge is 2.34. The highest BCUT2D eigenvalue weighted by atomic mass is 32.2. The topological polar surface area (TPSA) is 157 Å². The quantitative estimate of drug-likeness (QED) is 0.271. The standard InChI is InChI=1S/C20H32N4O5S/c1-11-12(2)17(13(3)14-8-9-20(4,5)29-16(11)14)30(27,28)24-15(18(25)26)7-6-10-23-19(21)22/h15,24H,6-10H2,1-5H3,(H,25,26)(H4,21,22,23)/t15-/m1/s1. The maximum atomic E-state index is 13.2. The minimum atomic E-state index is -4.08. The van der Waals surface area contributed by atoms with Crippen molar-refractivity contribution in [3.05, 3.63) is 22.3 Å². The number of hydrogen-bond acceptors (Lipinski definition) is 5. The van der Waals surface area contributed by atoms with Crippen molar-refractivity contribution < 1.29 is 23.1 Å². The number of carboxylic acids is 1. The Kier molecular flexibility index (Phi) is 7.03. The van der Waals surface area contributed by atoms with Crippen LogP contribution in [-0.4, -0.2) is 43.6 Å². The molecule has 0 bridgehead atoms. The second-order valence-electron chi connectivity index (χ2n) is 8.33. The predicted octanol–water partition coefficient (Wildman–Crippen LogP) is 1.50. The van der Waals surface area contributed by atoms with Crippen molar-refractivity contribution in [3.63, 3.8) is 0 Å². The van der Waals surface area contributed by atoms with Crippen molar-refractivity contribution in [2.45, 2.75) is 76.8 Å². The second kappa shape index (κ2) is 8.81. The molecule has 0 unspecified atom stereocenters. The number of benzene rings is 1. The van der Waals surface area contributed by atoms with Gasteiger partial charge in [-0.05, 0) is 82.6 Å². The van der Waals surface area contributed by atoms with E-state index in [2.05, 4.69) is 9.71 Å². The van der Waals surface area contributed by atoms with E-state index in [9.17, 15) is 18.3 Å². The van der Waals surface area contributed by atoms with Gasteiger partial charge in [-0.3, -0.25) is 9.79 Å². The Labute approximate surface area is 177 Å². The molecule has 2 rings (SSSR count). The summed E-state index contributed by atoms with van der Waals surface area (Å²) in [5, 5.41) is 9.50. The summed E-state index contributed by atoms with van der Waals surface area (Å²) in [5.41, 5.74) is 13.0. The van der Waals surface area contributed by atoms with E-state index in [4.69, 9.17) is 16.2 Å². The Morgan fingerprint density at radius 1 is 1.23 bits per heavy atom. The average Bonchev–Trinajstić information content (AvgIpc) is 2.61. The molecule has 0 amide bonds. The van der Waals surface area contributed by atoms with Crippen molar-refractivity contribution in [1.82, 2.24) is 4.72 Å². The van der Waals surface area contributed by atoms with Crippen LogP contribution in [0.25, 0.3) is 0 Å². The van der Waals surface area contributed by atoms with Crippen LogP contribution >= 0.6 is 0 Å². The third-order valence-electron chi connectivity index (χ3n) is 5.48. The lowest BCUT2D eigenvalue weighted by molar-refractivity contribution is -0.139. The molecule has 1 aromatic carbocycles. The molecule has 0 saturated heterocycles. The number of nitrogens with zero attached hydrogens (tertiary/aromatic N) is 1. The summed E-state index contributed by atoms with van der Waals surface area (Å²) in [4.78, 5) is 15.6. The van der Waals surface area contributed by atoms with Crippen LogP contribution in [0.2, 0.25) is 0 Å². The van der Waals surface area contributed by atoms with Crippen LogP contribution in [0.4, 0.5) is 0 Å². The zero-order valence-corrected chi connectivity index (χ0v) is 19.0. The summed E-state index contributed by atoms with van der Waals surface area (Å²) in [6.07, 6.45) is 1.84. The Hall–Kier alpha value is -2.33. The lowest BCUT2D eigenvalue weighted by Gasteiger charge is -2.35. The van der Waals surface area contributed by atoms with E-state index in [-0.39, 0.29) is 29.4 Å². The zero-order chi connectivity index (χ0) is 22.9. The Bertz CT molecular complexity index is 966. The first-order valence-corrected chi connectivity index (χ1v) is 11.4. The average molecular weight is 441 g/mol. The predicted molar refractivity (Wildman–Crippen MR) is 115 cm³/mol. The smallest absolute Gasteiger partial charge is 0.321 e. The number of fused-ring (bicyclic) bond motifs is 1. The molecule has 30 heavy (non-hydrogen) atoms. The Balaban J connectivity index is 2.38. The van der Waals surface area contributed by atoms with Gasteiger partial charge < -0.3 is 21.3 Å². The maximum absolute atomic E-state index is 13.2. The first kappa shape index (κ1) is 23.9. The fourth-order valence-electron chi connectivity index (χ4n) is 3.73. The molecule has 0 spiro atoms. The normalized spacial score (nSPS) is 16.3. The molecule has 0 aliphatic carbocycles. The Morgan fingerprint density at radius 2 is 1.87 bits per heavy atom. The third-order valence-corrected chi connectivity index (χ3v) is 7.22. The fraction of sp³-hybridized carbons (Fsp3) is 0.600. The van der Waals surface area contributed by atoms with Crippen LogP contribution in [0.15, 0.2) is 9.89 Å². The minimum Gasteiger partial charge on any atom is -0.487 e. The van der Waals surface area contributed by atoms with Gasteiger partial charge in [-0.1, -0.05) is 0 Å². The molecule has 6 N–H and O–H groups in total. The van der Waals surface area contributed by atoms with Crippen LogP contribution < -0.4 is 20.9 Å². The SMILES string of the molecule is Cc1c(C)c(S(=O)(=O)N[C@H](CCCN=C(N)N)C(=O)O)c(C)c2c1OC(C)(C)CC2. The molecule has 0 fully saturated rings. The van der Waals surface area contributed by atoms with Gasteiger partial charge in [0.15, 0.2) is 5.96 Å². The van der Waals surface area contributed by atoms with Gasteiger partial charge >= 0.3 is 5.97 Å². The van der Waals surface area contributed by atoms with Crippen LogP contribution in [-0.2, 0) is 21.2 Å². The van der Waals surface area contributed by atoms with E-state index in [1.165, 1.54) is 0 Å². The summed E-state index contributed by atoms with van der Waals surface area (Å²) in [7, 11) is -4.08. The Morgan fingerprint density at radius 3 is 2.43 bits per heavy atom. The molecule has 9 nitrogen and oxygen atoms in total. The summed E-state index contributed by atoms with van der Waals surface area (Å²) >= 11 is 0. The van der Waals surface area contributed by atoms with E-state index in [0.717, 1.165) is 23.3 Å². The van der Waals surface area contributed by atoms with E-state index >= 15 is 0 Å². The third kappa shape index (κ3) is 5.23. The van der Waals surface area contributed by atoms with Crippen LogP contribution in [0, 0.1) is 20.8 Å². The zero-order valence-electron chi connectivity index (χ0n) is 18.2. The number of aliphatic carboxylic acids is 1. The van der Waals surface area contributed by atoms with Gasteiger partial charge in [0, 0.05) is 6.54 Å². The molecule has 1 aliphatic heterocycles. The van der Waals surface area contributed by atoms with Gasteiger partial charge in [0.05, 0.1) is 4.90 Å². The summed E-state index contributed by atoms with van der Waals surface area (Å²) in [6.45, 7) is 9.53. The number of nitrogens with one attached hydrogen (secondary N) is 1. The van der Waals surface area contributed by atoms with Crippen LogP contribution in [0.3, 0.4) is 0 Å². The first-order valence-electron chi connectivity index (χ1n) is 9.89. The lowest BCUT2D eigenvalue weighted by Crippen LogP contribution is -2.41. The first-order chi connectivity index (χ1) is 13.8. The van der Waals surface area contributed by atoms with Gasteiger partial charge in [-0.15, -0.1) is 0 Å². The highest BCUT2D eigenvalue weighted by molar-refractivity contribution is 7.89. The maximum Gasteiger partial charge on any atom is 0.321 e. The van der Waals surface area contributed by atoms with Crippen molar-refractivity contribution in [1.29, 1.82) is 0 Å². The van der Waals surface area contributed by atoms with Crippen molar-refractivity contribution >= 4 is 22.0 Å². The molecule has 1 atom stereocenters. The number of nitrogens with two attached hydrogens (primary N) is 2. The summed E-state index contributed by atoms with van der Waals surface area (Å²) < 4.78 is 34.9. The number of hydrogen-bond donors (Lipinski definition) is 4. The number of sulfonamides is 1. The molecule has 1 aliphatic rings. The van der Waals surface area contributed by atoms with Crippen LogP contribution in [0.1, 0.15) is 55.4 Å². The molecule has 0 radical (unpaired) electrons. The van der Waals surface area contributed by atoms with E-state index in [1.807, 2.05) is 20.8 Å². The molecular weight excluding hydrogens is 408 g/mol. The van der Waals surface area contributed by atoms with Gasteiger partial charge in [0.1, 0.15) is 17.4 Å². The highest BCUT2D eigenvalue weighted by Crippen LogP contribution is 2.42. The van der Waals surface area contributed by atoms with Gasteiger partial charge in [-0.2, -0.15) is 4.72 Å². The molecule has 168 valence electrons. The summed E-state index contributed by atoms with van der Waals surface area (Å²) in [5.74, 6) is -0.616. The molecule has 10 heteroatoms. The van der Waals surface area contributed by atoms with E-state index in [0.29, 0.717) is 24.0 Å². The van der Waals surface area contributed by atoms with E-state index < -0.39 is 22.0 Å². The van der Waals surface area contributed by atoms with Crippen molar-refractivity contribution in [3.8, 4) is 5.75 Å². The number of carboxylic acid groups (broad SMARTS) is 1. The number of ether oxygens (including phenoxy) is 1. The molecule has 1 heterocycles. The number of carbonyl (C=O) groups is 1. The summed E-state index contributed by atoms with van der Waals surface area (Å²) in [6, 6.07) is -1.28. The minimum absolute atomic E-state index is 0.0602. The van der Waals surface area contributed by atoms with Crippen molar-refractivity contribution in [2.75, 3.05) is 6.54 Å². The monoisotopic (exact) mass is 440 g/mol. The largest absolute Gasteiger partial charge is 0.487 e. The van der Waals surface area contributed by atoms with Gasteiger partial charge in [0.25, 0.3) is 0 Å². The van der Waals surface area contributed by atoms with Gasteiger partial charge in [0.2, 0.25) is 10.0 Å². The molecule has 1 aromatic rings. The molecule has 0 aromatic heterocycles.